The van der Waals surface area contributed by atoms with Crippen LogP contribution in [0, 0.1) is 0 Å². The second kappa shape index (κ2) is 14.9. The van der Waals surface area contributed by atoms with Gasteiger partial charge < -0.3 is 28.4 Å². The number of hydrogen-bond donors (Lipinski definition) is 0. The Hall–Kier alpha value is -9.78. The van der Waals surface area contributed by atoms with E-state index in [1.54, 1.807) is 0 Å². The second-order valence-corrected chi connectivity index (χ2v) is 18.8. The molecule has 6 nitrogen and oxygen atoms in total. The normalized spacial score (nSPS) is 12.9. The predicted molar refractivity (Wildman–Crippen MR) is 297 cm³/mol. The number of aromatic nitrogens is 2. The number of ether oxygens (including phenoxy) is 2. The van der Waals surface area contributed by atoms with Crippen LogP contribution in [0.25, 0.3) is 87.3 Å². The van der Waals surface area contributed by atoms with Gasteiger partial charge in [0, 0.05) is 43.7 Å². The highest BCUT2D eigenvalue weighted by atomic mass is 16.5. The summed E-state index contributed by atoms with van der Waals surface area (Å²) in [6, 6.07) is 87.3. The van der Waals surface area contributed by atoms with Crippen molar-refractivity contribution in [3.8, 4) is 34.4 Å². The fourth-order valence-electron chi connectivity index (χ4n) is 11.9. The van der Waals surface area contributed by atoms with E-state index in [1.165, 1.54) is 10.8 Å². The molecule has 72 heavy (non-hydrogen) atoms. The number of rotatable bonds is 4. The molecule has 2 aliphatic heterocycles. The van der Waals surface area contributed by atoms with Crippen LogP contribution in [-0.4, -0.2) is 9.13 Å². The van der Waals surface area contributed by atoms with E-state index in [-0.39, 0.29) is 0 Å². The summed E-state index contributed by atoms with van der Waals surface area (Å²) in [7, 11) is 0. The molecule has 0 spiro atoms. The Kier molecular flexibility index (Phi) is 8.07. The third-order valence-corrected chi connectivity index (χ3v) is 15.0. The van der Waals surface area contributed by atoms with E-state index in [2.05, 4.69) is 262 Å². The van der Waals surface area contributed by atoms with Gasteiger partial charge in [0.05, 0.1) is 56.2 Å². The number of hydrogen-bond acceptors (Lipinski definition) is 4. The van der Waals surface area contributed by atoms with Crippen molar-refractivity contribution in [2.75, 3.05) is 9.80 Å². The van der Waals surface area contributed by atoms with E-state index in [1.807, 2.05) is 0 Å². The molecular formula is C66H40N4O2. The molecule has 4 heterocycles. The Morgan fingerprint density at radius 1 is 0.208 bits per heavy atom. The Morgan fingerprint density at radius 3 is 1.01 bits per heavy atom. The molecule has 0 saturated heterocycles. The Balaban J connectivity index is 0.967. The van der Waals surface area contributed by atoms with Crippen LogP contribution in [-0.2, 0) is 0 Å². The van der Waals surface area contributed by atoms with Crippen molar-refractivity contribution in [2.45, 2.75) is 0 Å². The molecule has 16 rings (SSSR count). The smallest absolute Gasteiger partial charge is 0.152 e. The zero-order valence-corrected chi connectivity index (χ0v) is 38.7. The van der Waals surface area contributed by atoms with Crippen LogP contribution < -0.4 is 19.3 Å². The molecule has 0 aliphatic carbocycles. The molecule has 14 aromatic rings. The molecule has 0 saturated carbocycles. The Labute approximate surface area is 413 Å². The minimum absolute atomic E-state index is 0.811. The monoisotopic (exact) mass is 920 g/mol. The summed E-state index contributed by atoms with van der Waals surface area (Å²) >= 11 is 0. The number of benzene rings is 12. The average Bonchev–Trinajstić information content (AvgIpc) is 3.94. The summed E-state index contributed by atoms with van der Waals surface area (Å²) in [4.78, 5) is 4.85. The van der Waals surface area contributed by atoms with Crippen LogP contribution in [0.3, 0.4) is 0 Å². The molecule has 2 aliphatic rings. The molecular weight excluding hydrogens is 881 g/mol. The average molecular weight is 921 g/mol. The largest absolute Gasteiger partial charge is 0.453 e. The highest BCUT2D eigenvalue weighted by Crippen LogP contribution is 2.57. The first-order valence-corrected chi connectivity index (χ1v) is 24.5. The first kappa shape index (κ1) is 39.1. The number of nitrogens with zero attached hydrogens (tertiary/aromatic N) is 4. The van der Waals surface area contributed by atoms with Gasteiger partial charge in [-0.05, 0) is 119 Å². The lowest BCUT2D eigenvalue weighted by atomic mass is 9.93. The van der Waals surface area contributed by atoms with E-state index >= 15 is 0 Å². The van der Waals surface area contributed by atoms with Gasteiger partial charge in [-0.3, -0.25) is 0 Å². The fourth-order valence-corrected chi connectivity index (χ4v) is 11.9. The molecule has 0 unspecified atom stereocenters. The van der Waals surface area contributed by atoms with Gasteiger partial charge in [0.1, 0.15) is 0 Å². The topological polar surface area (TPSA) is 34.8 Å². The maximum Gasteiger partial charge on any atom is 0.152 e. The zero-order chi connectivity index (χ0) is 47.0. The molecule has 6 heteroatoms. The minimum atomic E-state index is 0.811. The summed E-state index contributed by atoms with van der Waals surface area (Å²) in [5.41, 5.74) is 12.8. The summed E-state index contributed by atoms with van der Waals surface area (Å²) < 4.78 is 18.6. The van der Waals surface area contributed by atoms with Crippen LogP contribution in [0.15, 0.2) is 243 Å². The highest BCUT2D eigenvalue weighted by molar-refractivity contribution is 6.25. The van der Waals surface area contributed by atoms with Gasteiger partial charge in [0.15, 0.2) is 23.0 Å². The van der Waals surface area contributed by atoms with Gasteiger partial charge in [-0.2, -0.15) is 0 Å². The van der Waals surface area contributed by atoms with Crippen molar-refractivity contribution in [2.24, 2.45) is 0 Å². The van der Waals surface area contributed by atoms with Gasteiger partial charge in [0.2, 0.25) is 0 Å². The number of anilines is 6. The molecule has 2 aromatic heterocycles. The van der Waals surface area contributed by atoms with Crippen LogP contribution in [0.5, 0.6) is 23.0 Å². The van der Waals surface area contributed by atoms with Crippen LogP contribution in [0.2, 0.25) is 0 Å². The summed E-state index contributed by atoms with van der Waals surface area (Å²) in [6.07, 6.45) is 0. The maximum atomic E-state index is 6.92. The van der Waals surface area contributed by atoms with E-state index < -0.39 is 0 Å². The van der Waals surface area contributed by atoms with Crippen molar-refractivity contribution < 1.29 is 9.47 Å². The first-order chi connectivity index (χ1) is 35.7. The van der Waals surface area contributed by atoms with Crippen LogP contribution >= 0.6 is 0 Å². The van der Waals surface area contributed by atoms with Crippen molar-refractivity contribution in [3.05, 3.63) is 243 Å². The van der Waals surface area contributed by atoms with Crippen molar-refractivity contribution in [1.29, 1.82) is 0 Å². The maximum absolute atomic E-state index is 6.92. The van der Waals surface area contributed by atoms with E-state index in [0.29, 0.717) is 0 Å². The number of fused-ring (bicyclic) bond motifs is 15. The summed E-state index contributed by atoms with van der Waals surface area (Å²) in [6.45, 7) is 0. The zero-order valence-electron chi connectivity index (χ0n) is 38.7. The Bertz CT molecular complexity index is 4300. The Morgan fingerprint density at radius 2 is 0.569 bits per heavy atom. The van der Waals surface area contributed by atoms with Crippen molar-refractivity contribution in [1.82, 2.24) is 9.13 Å². The highest BCUT2D eigenvalue weighted by Gasteiger charge is 2.32. The molecule has 0 fully saturated rings. The fraction of sp³-hybridized carbons (Fsp3) is 0. The standard InChI is InChI=1S/C66H40N4O2/c1-3-19-41(20-4-1)67-53-29-13-11-27-47(53)51-37-65-61(39-59(51)67)69(55-31-15-17-33-63(55)71-65)57-35-49-44-24-8-10-26-46(44)58(36-50(49)43-23-7-9-25-45(43)57)70-56-32-16-18-34-64(56)72-66-38-52-48-28-12-14-30-54(48)68(60(52)40-62(66)70)42-21-5-2-6-22-42/h1-40H. The minimum Gasteiger partial charge on any atom is -0.453 e. The second-order valence-electron chi connectivity index (χ2n) is 18.8. The van der Waals surface area contributed by atoms with Crippen molar-refractivity contribution >= 4 is 110 Å². The van der Waals surface area contributed by atoms with E-state index in [0.717, 1.165) is 134 Å². The molecule has 0 bridgehead atoms. The van der Waals surface area contributed by atoms with Crippen LogP contribution in [0.1, 0.15) is 0 Å². The predicted octanol–water partition coefficient (Wildman–Crippen LogP) is 18.5. The van der Waals surface area contributed by atoms with E-state index in [4.69, 9.17) is 9.47 Å². The van der Waals surface area contributed by atoms with Gasteiger partial charge in [-0.25, -0.2) is 0 Å². The molecule has 336 valence electrons. The van der Waals surface area contributed by atoms with Gasteiger partial charge in [-0.1, -0.05) is 146 Å². The lowest BCUT2D eigenvalue weighted by Gasteiger charge is -2.35. The quantitative estimate of drug-likeness (QED) is 0.165. The lowest BCUT2D eigenvalue weighted by Crippen LogP contribution is -2.17. The molecule has 0 radical (unpaired) electrons. The van der Waals surface area contributed by atoms with Gasteiger partial charge in [0.25, 0.3) is 0 Å². The SMILES string of the molecule is c1ccc(-n2c3ccccc3c3cc4c(cc32)N(c2cc3c5ccccc5c(N5c6ccccc6Oc6cc7c8ccccc8n(-c8ccccc8)c7cc65)cc3c3ccccc23)c2ccccc2O4)cc1. The van der Waals surface area contributed by atoms with Gasteiger partial charge in [-0.15, -0.1) is 0 Å². The van der Waals surface area contributed by atoms with Crippen LogP contribution in [0.4, 0.5) is 34.1 Å². The molecule has 12 aromatic carbocycles. The third-order valence-electron chi connectivity index (χ3n) is 15.0. The number of para-hydroxylation sites is 8. The van der Waals surface area contributed by atoms with E-state index in [9.17, 15) is 0 Å². The van der Waals surface area contributed by atoms with Gasteiger partial charge >= 0.3 is 0 Å². The van der Waals surface area contributed by atoms with Crippen molar-refractivity contribution in [3.63, 3.8) is 0 Å². The summed E-state index contributed by atoms with van der Waals surface area (Å²) in [5.74, 6) is 3.24. The lowest BCUT2D eigenvalue weighted by molar-refractivity contribution is 0.477. The summed E-state index contributed by atoms with van der Waals surface area (Å²) in [5, 5.41) is 11.5. The first-order valence-electron chi connectivity index (χ1n) is 24.5. The molecule has 0 atom stereocenters. The third kappa shape index (κ3) is 5.49. The molecule has 0 N–H and O–H groups in total. The molecule has 0 amide bonds.